The first kappa shape index (κ1) is 28.6. The Labute approximate surface area is 260 Å². The highest BCUT2D eigenvalue weighted by atomic mass is 16.5. The fraction of sp³-hybridized carbons (Fsp3) is 0.278. The van der Waals surface area contributed by atoms with E-state index in [0.717, 1.165) is 5.57 Å². The molecular weight excluding hydrogens is 572 g/mol. The standard InChI is InChI=1S/C36H32N2O7/c1-44-28-17-20(18-29(45-2)32(28)39)13-14-24-23-15-16-25-31(36(43)37(33(25)40)21-9-5-3-6-10-21)26(23)19-27-30(24)35(42)38(34(27)41)22-11-7-4-8-12-22/h3-15,17-18,24-27,30-31,39H,16,19H2,1-2H3/t24-,25-,26+,27+,30-,31-/m0/s1. The summed E-state index contributed by atoms with van der Waals surface area (Å²) < 4.78 is 10.7. The monoisotopic (exact) mass is 604 g/mol. The van der Waals surface area contributed by atoms with Crippen molar-refractivity contribution in [3.8, 4) is 17.2 Å². The molecule has 228 valence electrons. The maximum absolute atomic E-state index is 14.1. The zero-order valence-electron chi connectivity index (χ0n) is 24.8. The Morgan fingerprint density at radius 3 is 1.80 bits per heavy atom. The summed E-state index contributed by atoms with van der Waals surface area (Å²) in [5.41, 5.74) is 2.60. The number of hydrogen-bond donors (Lipinski definition) is 1. The molecular formula is C36H32N2O7. The van der Waals surface area contributed by atoms with Crippen molar-refractivity contribution in [2.24, 2.45) is 35.5 Å². The predicted molar refractivity (Wildman–Crippen MR) is 166 cm³/mol. The van der Waals surface area contributed by atoms with Crippen molar-refractivity contribution < 1.29 is 33.8 Å². The smallest absolute Gasteiger partial charge is 0.238 e. The van der Waals surface area contributed by atoms with E-state index in [1.807, 2.05) is 30.4 Å². The lowest BCUT2D eigenvalue weighted by molar-refractivity contribution is -0.126. The van der Waals surface area contributed by atoms with Crippen molar-refractivity contribution in [3.63, 3.8) is 0 Å². The van der Waals surface area contributed by atoms with E-state index in [4.69, 9.17) is 9.47 Å². The number of benzene rings is 3. The molecule has 2 heterocycles. The first-order valence-electron chi connectivity index (χ1n) is 15.0. The van der Waals surface area contributed by atoms with Crippen molar-refractivity contribution in [3.05, 3.63) is 96.1 Å². The summed E-state index contributed by atoms with van der Waals surface area (Å²) in [4.78, 5) is 58.4. The van der Waals surface area contributed by atoms with Crippen molar-refractivity contribution in [2.45, 2.75) is 12.8 Å². The van der Waals surface area contributed by atoms with Crippen LogP contribution in [0.25, 0.3) is 6.08 Å². The number of carbonyl (C=O) groups is 4. The van der Waals surface area contributed by atoms with Crippen LogP contribution in [-0.4, -0.2) is 43.0 Å². The number of aromatic hydroxyl groups is 1. The molecule has 3 aromatic carbocycles. The Hall–Kier alpha value is -5.18. The number of rotatable bonds is 6. The number of allylic oxidation sites excluding steroid dienone is 3. The molecule has 6 atom stereocenters. The van der Waals surface area contributed by atoms with E-state index >= 15 is 0 Å². The number of carbonyl (C=O) groups excluding carboxylic acids is 4. The first-order chi connectivity index (χ1) is 21.8. The van der Waals surface area contributed by atoms with Crippen LogP contribution >= 0.6 is 0 Å². The molecule has 3 aromatic rings. The number of fused-ring (bicyclic) bond motifs is 4. The largest absolute Gasteiger partial charge is 0.502 e. The lowest BCUT2D eigenvalue weighted by Gasteiger charge is -2.42. The molecule has 45 heavy (non-hydrogen) atoms. The van der Waals surface area contributed by atoms with E-state index in [-0.39, 0.29) is 46.8 Å². The van der Waals surface area contributed by atoms with Gasteiger partial charge in [-0.3, -0.25) is 29.0 Å². The Balaban J connectivity index is 1.31. The molecule has 2 aliphatic carbocycles. The van der Waals surface area contributed by atoms with E-state index in [1.165, 1.54) is 24.0 Å². The third-order valence-corrected chi connectivity index (χ3v) is 9.73. The molecule has 1 N–H and O–H groups in total. The van der Waals surface area contributed by atoms with Crippen LogP contribution in [0.1, 0.15) is 18.4 Å². The highest BCUT2D eigenvalue weighted by molar-refractivity contribution is 6.24. The number of nitrogens with zero attached hydrogens (tertiary/aromatic N) is 2. The lowest BCUT2D eigenvalue weighted by Crippen LogP contribution is -2.43. The molecule has 3 fully saturated rings. The highest BCUT2D eigenvalue weighted by Crippen LogP contribution is 2.56. The van der Waals surface area contributed by atoms with Crippen molar-refractivity contribution in [2.75, 3.05) is 24.0 Å². The van der Waals surface area contributed by atoms with Crippen LogP contribution < -0.4 is 19.3 Å². The van der Waals surface area contributed by atoms with Gasteiger partial charge in [-0.25, -0.2) is 0 Å². The molecule has 9 nitrogen and oxygen atoms in total. The van der Waals surface area contributed by atoms with Crippen LogP contribution in [0.4, 0.5) is 11.4 Å². The number of phenols is 1. The van der Waals surface area contributed by atoms with Gasteiger partial charge in [0.2, 0.25) is 29.4 Å². The zero-order chi connectivity index (χ0) is 31.4. The van der Waals surface area contributed by atoms with Gasteiger partial charge in [0.15, 0.2) is 11.5 Å². The average Bonchev–Trinajstić information content (AvgIpc) is 3.47. The molecule has 2 aliphatic heterocycles. The highest BCUT2D eigenvalue weighted by Gasteiger charge is 2.61. The number of amides is 4. The molecule has 2 saturated heterocycles. The number of para-hydroxylation sites is 2. The van der Waals surface area contributed by atoms with Crippen LogP contribution in [-0.2, 0) is 19.2 Å². The second-order valence-corrected chi connectivity index (χ2v) is 11.9. The van der Waals surface area contributed by atoms with Crippen molar-refractivity contribution in [1.29, 1.82) is 0 Å². The zero-order valence-corrected chi connectivity index (χ0v) is 24.8. The summed E-state index contributed by atoms with van der Waals surface area (Å²) in [5, 5.41) is 10.4. The number of phenolic OH excluding ortho intramolecular Hbond substituents is 1. The second-order valence-electron chi connectivity index (χ2n) is 11.9. The maximum atomic E-state index is 14.1. The summed E-state index contributed by atoms with van der Waals surface area (Å²) in [6, 6.07) is 21.1. The van der Waals surface area contributed by atoms with Gasteiger partial charge >= 0.3 is 0 Å². The van der Waals surface area contributed by atoms with Crippen LogP contribution in [0.2, 0.25) is 0 Å². The van der Waals surface area contributed by atoms with Gasteiger partial charge in [0.25, 0.3) is 0 Å². The summed E-state index contributed by atoms with van der Waals surface area (Å²) in [7, 11) is 2.89. The Morgan fingerprint density at radius 2 is 1.24 bits per heavy atom. The molecule has 0 unspecified atom stereocenters. The topological polar surface area (TPSA) is 113 Å². The SMILES string of the molecule is COc1cc(C=C[C@H]2C3=CC[C@@H]4C(=O)N(c5ccccc5)C(=O)[C@@H]4[C@@H]3C[C@H]3C(=O)N(c4ccccc4)C(=O)[C@@H]23)cc(OC)c1O. The fourth-order valence-electron chi connectivity index (χ4n) is 7.74. The normalized spacial score (nSPS) is 27.4. The number of anilines is 2. The van der Waals surface area contributed by atoms with Crippen molar-refractivity contribution >= 4 is 41.1 Å². The van der Waals surface area contributed by atoms with Crippen LogP contribution in [0.3, 0.4) is 0 Å². The van der Waals surface area contributed by atoms with Gasteiger partial charge in [-0.05, 0) is 60.7 Å². The molecule has 7 rings (SSSR count). The van der Waals surface area contributed by atoms with Gasteiger partial charge < -0.3 is 14.6 Å². The third kappa shape index (κ3) is 4.44. The summed E-state index contributed by atoms with van der Waals surface area (Å²) in [6.07, 6.45) is 6.41. The fourth-order valence-corrected chi connectivity index (χ4v) is 7.74. The van der Waals surface area contributed by atoms with Gasteiger partial charge in [0.1, 0.15) is 0 Å². The van der Waals surface area contributed by atoms with E-state index in [0.29, 0.717) is 29.8 Å². The second kappa shape index (κ2) is 11.1. The van der Waals surface area contributed by atoms with Crippen molar-refractivity contribution in [1.82, 2.24) is 0 Å². The minimum Gasteiger partial charge on any atom is -0.502 e. The van der Waals surface area contributed by atoms with Gasteiger partial charge in [-0.1, -0.05) is 60.2 Å². The molecule has 0 radical (unpaired) electrons. The van der Waals surface area contributed by atoms with E-state index < -0.39 is 29.6 Å². The molecule has 0 spiro atoms. The van der Waals surface area contributed by atoms with Gasteiger partial charge in [0, 0.05) is 5.92 Å². The number of methoxy groups -OCH3 is 2. The third-order valence-electron chi connectivity index (χ3n) is 9.73. The van der Waals surface area contributed by atoms with Gasteiger partial charge in [-0.15, -0.1) is 0 Å². The van der Waals surface area contributed by atoms with Gasteiger partial charge in [-0.2, -0.15) is 0 Å². The summed E-state index contributed by atoms with van der Waals surface area (Å²) in [5.74, 6) is -4.13. The Kier molecular flexibility index (Phi) is 7.03. The quantitative estimate of drug-likeness (QED) is 0.311. The van der Waals surface area contributed by atoms with E-state index in [9.17, 15) is 24.3 Å². The number of imide groups is 2. The number of ether oxygens (including phenoxy) is 2. The number of hydrogen-bond acceptors (Lipinski definition) is 7. The predicted octanol–water partition coefficient (Wildman–Crippen LogP) is 5.00. The Morgan fingerprint density at radius 1 is 0.711 bits per heavy atom. The molecule has 0 bridgehead atoms. The van der Waals surface area contributed by atoms with E-state index in [1.54, 1.807) is 60.7 Å². The van der Waals surface area contributed by atoms with Gasteiger partial charge in [0.05, 0.1) is 49.3 Å². The molecule has 9 heteroatoms. The van der Waals surface area contributed by atoms with Crippen LogP contribution in [0.5, 0.6) is 17.2 Å². The molecule has 0 aromatic heterocycles. The van der Waals surface area contributed by atoms with E-state index in [2.05, 4.69) is 0 Å². The Bertz CT molecular complexity index is 1740. The van der Waals surface area contributed by atoms with Crippen LogP contribution in [0.15, 0.2) is 90.5 Å². The molecule has 4 aliphatic rings. The minimum absolute atomic E-state index is 0.126. The minimum atomic E-state index is -0.675. The first-order valence-corrected chi connectivity index (χ1v) is 15.0. The summed E-state index contributed by atoms with van der Waals surface area (Å²) >= 11 is 0. The lowest BCUT2D eigenvalue weighted by atomic mass is 9.58. The maximum Gasteiger partial charge on any atom is 0.238 e. The van der Waals surface area contributed by atoms with Crippen LogP contribution in [0, 0.1) is 35.5 Å². The average molecular weight is 605 g/mol. The molecule has 1 saturated carbocycles. The molecule has 4 amide bonds. The summed E-state index contributed by atoms with van der Waals surface area (Å²) in [6.45, 7) is 0.